The molecule has 1 aliphatic heterocycles. The molecule has 0 spiro atoms. The van der Waals surface area contributed by atoms with Gasteiger partial charge in [-0.3, -0.25) is 0 Å². The van der Waals surface area contributed by atoms with E-state index in [2.05, 4.69) is 37.2 Å². The van der Waals surface area contributed by atoms with Gasteiger partial charge in [0.15, 0.2) is 0 Å². The maximum Gasteiger partial charge on any atom is 0.0243 e. The summed E-state index contributed by atoms with van der Waals surface area (Å²) in [6.45, 7) is 12.1. The van der Waals surface area contributed by atoms with Crippen molar-refractivity contribution in [3.8, 4) is 0 Å². The van der Waals surface area contributed by atoms with Gasteiger partial charge in [-0.2, -0.15) is 11.8 Å². The fourth-order valence-corrected chi connectivity index (χ4v) is 3.20. The van der Waals surface area contributed by atoms with Crippen LogP contribution >= 0.6 is 11.8 Å². The van der Waals surface area contributed by atoms with Gasteiger partial charge in [0.05, 0.1) is 0 Å². The monoisotopic (exact) mass is 286 g/mol. The Morgan fingerprint density at radius 3 is 2.58 bits per heavy atom. The quantitative estimate of drug-likeness (QED) is 0.720. The second-order valence-electron chi connectivity index (χ2n) is 6.93. The number of hydrogen-bond acceptors (Lipinski definition) is 3. The summed E-state index contributed by atoms with van der Waals surface area (Å²) < 4.78 is 0. The molecule has 19 heavy (non-hydrogen) atoms. The van der Waals surface area contributed by atoms with E-state index in [4.69, 9.17) is 0 Å². The van der Waals surface area contributed by atoms with Crippen molar-refractivity contribution < 1.29 is 0 Å². The van der Waals surface area contributed by atoms with Gasteiger partial charge in [-0.15, -0.1) is 0 Å². The van der Waals surface area contributed by atoms with Crippen LogP contribution in [0.2, 0.25) is 0 Å². The van der Waals surface area contributed by atoms with Crippen molar-refractivity contribution in [2.75, 3.05) is 38.2 Å². The minimum Gasteiger partial charge on any atom is -0.312 e. The van der Waals surface area contributed by atoms with E-state index >= 15 is 0 Å². The molecule has 3 heteroatoms. The number of hydrogen-bond donors (Lipinski definition) is 1. The Labute approximate surface area is 125 Å². The molecule has 0 radical (unpaired) electrons. The maximum atomic E-state index is 3.73. The predicted molar refractivity (Wildman–Crippen MR) is 89.2 cm³/mol. The summed E-state index contributed by atoms with van der Waals surface area (Å²) in [7, 11) is 0. The molecule has 1 heterocycles. The zero-order chi connectivity index (χ0) is 14.1. The normalized spacial score (nSPS) is 22.4. The number of unbranched alkanes of at least 4 members (excludes halogenated alkanes) is 3. The molecular formula is C16H34N2S. The zero-order valence-electron chi connectivity index (χ0n) is 13.5. The van der Waals surface area contributed by atoms with E-state index in [0.29, 0.717) is 11.5 Å². The van der Waals surface area contributed by atoms with Crippen LogP contribution in [0.5, 0.6) is 0 Å². The summed E-state index contributed by atoms with van der Waals surface area (Å²) in [5.41, 5.74) is 0.376. The van der Waals surface area contributed by atoms with Crippen LogP contribution in [0, 0.1) is 5.41 Å². The predicted octanol–water partition coefficient (Wildman–Crippen LogP) is 3.62. The number of rotatable bonds is 7. The standard InChI is InChI=1S/C16H34N2S/c1-16(2,3)15-14-18(12-9-10-17-15)11-7-5-6-8-13-19-4/h15,17H,5-14H2,1-4H3. The van der Waals surface area contributed by atoms with E-state index in [0.717, 1.165) is 0 Å². The van der Waals surface area contributed by atoms with Crippen molar-refractivity contribution in [1.82, 2.24) is 10.2 Å². The molecule has 2 nitrogen and oxygen atoms in total. The largest absolute Gasteiger partial charge is 0.312 e. The van der Waals surface area contributed by atoms with E-state index in [9.17, 15) is 0 Å². The zero-order valence-corrected chi connectivity index (χ0v) is 14.3. The summed E-state index contributed by atoms with van der Waals surface area (Å²) in [5, 5.41) is 3.73. The van der Waals surface area contributed by atoms with Gasteiger partial charge in [-0.1, -0.05) is 33.6 Å². The van der Waals surface area contributed by atoms with E-state index in [1.165, 1.54) is 64.0 Å². The first-order valence-corrected chi connectivity index (χ1v) is 9.38. The topological polar surface area (TPSA) is 15.3 Å². The maximum absolute atomic E-state index is 3.73. The minimum atomic E-state index is 0.376. The highest BCUT2D eigenvalue weighted by atomic mass is 32.2. The van der Waals surface area contributed by atoms with Crippen molar-refractivity contribution >= 4 is 11.8 Å². The molecule has 1 fully saturated rings. The molecule has 1 aliphatic rings. The van der Waals surface area contributed by atoms with Crippen LogP contribution in [-0.4, -0.2) is 49.1 Å². The van der Waals surface area contributed by atoms with Crippen molar-refractivity contribution in [3.05, 3.63) is 0 Å². The summed E-state index contributed by atoms with van der Waals surface area (Å²) in [4.78, 5) is 2.69. The second kappa shape index (κ2) is 9.25. The molecule has 0 saturated carbocycles. The Balaban J connectivity index is 2.20. The summed E-state index contributed by atoms with van der Waals surface area (Å²) in [6.07, 6.45) is 9.11. The fourth-order valence-electron chi connectivity index (χ4n) is 2.71. The average molecular weight is 287 g/mol. The van der Waals surface area contributed by atoms with E-state index < -0.39 is 0 Å². The van der Waals surface area contributed by atoms with Gasteiger partial charge in [0.2, 0.25) is 0 Å². The second-order valence-corrected chi connectivity index (χ2v) is 7.92. The molecule has 0 aliphatic carbocycles. The SMILES string of the molecule is CSCCCCCCN1CCCNC(C(C)(C)C)C1. The lowest BCUT2D eigenvalue weighted by atomic mass is 9.86. The van der Waals surface area contributed by atoms with E-state index in [1.54, 1.807) is 0 Å². The lowest BCUT2D eigenvalue weighted by molar-refractivity contribution is 0.195. The Morgan fingerprint density at radius 1 is 1.16 bits per heavy atom. The molecular weight excluding hydrogens is 252 g/mol. The van der Waals surface area contributed by atoms with Crippen LogP contribution in [0.15, 0.2) is 0 Å². The molecule has 0 bridgehead atoms. The summed E-state index contributed by atoms with van der Waals surface area (Å²) in [5.74, 6) is 1.33. The molecule has 1 N–H and O–H groups in total. The Morgan fingerprint density at radius 2 is 1.89 bits per heavy atom. The third-order valence-electron chi connectivity index (χ3n) is 4.10. The van der Waals surface area contributed by atoms with Gasteiger partial charge in [0.25, 0.3) is 0 Å². The van der Waals surface area contributed by atoms with Crippen LogP contribution in [0.4, 0.5) is 0 Å². The fraction of sp³-hybridized carbons (Fsp3) is 1.00. The van der Waals surface area contributed by atoms with Gasteiger partial charge in [-0.05, 0) is 56.3 Å². The highest BCUT2D eigenvalue weighted by molar-refractivity contribution is 7.98. The van der Waals surface area contributed by atoms with Crippen LogP contribution in [0.3, 0.4) is 0 Å². The number of nitrogens with zero attached hydrogens (tertiary/aromatic N) is 1. The first kappa shape index (κ1) is 17.3. The van der Waals surface area contributed by atoms with Gasteiger partial charge < -0.3 is 10.2 Å². The highest BCUT2D eigenvalue weighted by Gasteiger charge is 2.27. The Bertz CT molecular complexity index is 225. The number of thioether (sulfide) groups is 1. The molecule has 114 valence electrons. The molecule has 1 saturated heterocycles. The van der Waals surface area contributed by atoms with Crippen LogP contribution in [0.1, 0.15) is 52.9 Å². The van der Waals surface area contributed by atoms with Gasteiger partial charge in [0, 0.05) is 12.6 Å². The molecule has 0 aromatic rings. The van der Waals surface area contributed by atoms with Crippen LogP contribution < -0.4 is 5.32 Å². The highest BCUT2D eigenvalue weighted by Crippen LogP contribution is 2.21. The van der Waals surface area contributed by atoms with Crippen LogP contribution in [0.25, 0.3) is 0 Å². The first-order valence-electron chi connectivity index (χ1n) is 7.98. The van der Waals surface area contributed by atoms with Gasteiger partial charge in [0.1, 0.15) is 0 Å². The van der Waals surface area contributed by atoms with Gasteiger partial charge in [-0.25, -0.2) is 0 Å². The van der Waals surface area contributed by atoms with E-state index in [-0.39, 0.29) is 0 Å². The van der Waals surface area contributed by atoms with Gasteiger partial charge >= 0.3 is 0 Å². The molecule has 1 atom stereocenters. The average Bonchev–Trinajstić information content (AvgIpc) is 2.58. The third-order valence-corrected chi connectivity index (χ3v) is 4.80. The van der Waals surface area contributed by atoms with Crippen LogP contribution in [-0.2, 0) is 0 Å². The Kier molecular flexibility index (Phi) is 8.43. The van der Waals surface area contributed by atoms with Crippen molar-refractivity contribution in [1.29, 1.82) is 0 Å². The molecule has 1 rings (SSSR count). The molecule has 0 aromatic heterocycles. The lowest BCUT2D eigenvalue weighted by Crippen LogP contribution is -2.46. The van der Waals surface area contributed by atoms with Crippen molar-refractivity contribution in [2.45, 2.75) is 58.9 Å². The Hall–Kier alpha value is 0.270. The minimum absolute atomic E-state index is 0.376. The molecule has 0 aromatic carbocycles. The molecule has 1 unspecified atom stereocenters. The summed E-state index contributed by atoms with van der Waals surface area (Å²) in [6, 6.07) is 0.645. The summed E-state index contributed by atoms with van der Waals surface area (Å²) >= 11 is 1.97. The van der Waals surface area contributed by atoms with E-state index in [1.807, 2.05) is 11.8 Å². The number of nitrogens with one attached hydrogen (secondary N) is 1. The molecule has 0 amide bonds. The first-order chi connectivity index (χ1) is 9.04. The smallest absolute Gasteiger partial charge is 0.0243 e. The van der Waals surface area contributed by atoms with Crippen molar-refractivity contribution in [3.63, 3.8) is 0 Å². The lowest BCUT2D eigenvalue weighted by Gasteiger charge is -2.33. The van der Waals surface area contributed by atoms with Crippen molar-refractivity contribution in [2.24, 2.45) is 5.41 Å². The third kappa shape index (κ3) is 7.57.